The molecular formula is C22H17Br2ClN4O7. The van der Waals surface area contributed by atoms with Gasteiger partial charge in [-0.15, -0.1) is 0 Å². The number of carbonyl (C=O) groups is 3. The highest BCUT2D eigenvalue weighted by Gasteiger charge is 2.55. The third kappa shape index (κ3) is 4.74. The van der Waals surface area contributed by atoms with Gasteiger partial charge in [0.1, 0.15) is 5.56 Å². The molecule has 1 aliphatic heterocycles. The summed E-state index contributed by atoms with van der Waals surface area (Å²) >= 11 is 12.9. The lowest BCUT2D eigenvalue weighted by Gasteiger charge is -2.30. The molecule has 4 atom stereocenters. The van der Waals surface area contributed by atoms with Crippen LogP contribution >= 0.6 is 43.5 Å². The van der Waals surface area contributed by atoms with E-state index in [0.717, 1.165) is 17.1 Å². The number of hydrazine groups is 1. The number of hydrogen-bond donors (Lipinski definition) is 0. The van der Waals surface area contributed by atoms with E-state index in [4.69, 9.17) is 11.6 Å². The molecule has 14 heteroatoms. The Morgan fingerprint density at radius 3 is 2.08 bits per heavy atom. The van der Waals surface area contributed by atoms with Gasteiger partial charge in [0, 0.05) is 26.8 Å². The average molecular weight is 645 g/mol. The molecule has 1 heterocycles. The Kier molecular flexibility index (Phi) is 7.43. The Morgan fingerprint density at radius 1 is 0.972 bits per heavy atom. The number of para-hydroxylation sites is 1. The number of amides is 3. The van der Waals surface area contributed by atoms with E-state index in [-0.39, 0.29) is 25.8 Å². The minimum atomic E-state index is -1.02. The molecule has 1 saturated carbocycles. The van der Waals surface area contributed by atoms with Gasteiger partial charge in [-0.05, 0) is 31.0 Å². The molecule has 3 amide bonds. The van der Waals surface area contributed by atoms with E-state index in [9.17, 15) is 34.6 Å². The zero-order valence-electron chi connectivity index (χ0n) is 18.3. The SMILES string of the molecule is O=C(c1ccccc1[N+](=O)[O-])N(Cc1ccc(Cl)cc1[N+](=O)[O-])N1C(=O)[C@@H]2C[C@H](Br)[C@@H](Br)C[C@H]2C1=O. The number of alkyl halides is 2. The van der Waals surface area contributed by atoms with Gasteiger partial charge in [0.25, 0.3) is 29.1 Å². The number of carbonyl (C=O) groups excluding carboxylic acids is 3. The van der Waals surface area contributed by atoms with E-state index in [1.807, 2.05) is 0 Å². The van der Waals surface area contributed by atoms with Crippen LogP contribution in [0.15, 0.2) is 42.5 Å². The first-order valence-corrected chi connectivity index (χ1v) is 12.9. The minimum Gasteiger partial charge on any atom is -0.272 e. The van der Waals surface area contributed by atoms with Gasteiger partial charge in [0.2, 0.25) is 0 Å². The van der Waals surface area contributed by atoms with Crippen molar-refractivity contribution in [2.75, 3.05) is 0 Å². The van der Waals surface area contributed by atoms with Gasteiger partial charge in [0.05, 0.1) is 33.8 Å². The van der Waals surface area contributed by atoms with E-state index in [1.54, 1.807) is 0 Å². The van der Waals surface area contributed by atoms with Crippen molar-refractivity contribution in [3.63, 3.8) is 0 Å². The van der Waals surface area contributed by atoms with Crippen molar-refractivity contribution in [3.05, 3.63) is 78.8 Å². The highest BCUT2D eigenvalue weighted by atomic mass is 79.9. The summed E-state index contributed by atoms with van der Waals surface area (Å²) in [4.78, 5) is 62.2. The van der Waals surface area contributed by atoms with Crippen LogP contribution in [0, 0.1) is 32.1 Å². The molecule has 36 heavy (non-hydrogen) atoms. The molecule has 0 unspecified atom stereocenters. The molecule has 0 N–H and O–H groups in total. The van der Waals surface area contributed by atoms with E-state index in [0.29, 0.717) is 17.9 Å². The summed E-state index contributed by atoms with van der Waals surface area (Å²) < 4.78 is 0. The van der Waals surface area contributed by atoms with Gasteiger partial charge in [0.15, 0.2) is 0 Å². The maximum atomic E-state index is 13.7. The molecule has 2 aromatic carbocycles. The predicted octanol–water partition coefficient (Wildman–Crippen LogP) is 4.64. The van der Waals surface area contributed by atoms with Crippen molar-refractivity contribution in [3.8, 4) is 0 Å². The van der Waals surface area contributed by atoms with Crippen LogP contribution in [0.5, 0.6) is 0 Å². The van der Waals surface area contributed by atoms with Gasteiger partial charge in [-0.2, -0.15) is 5.01 Å². The first-order valence-electron chi connectivity index (χ1n) is 10.6. The summed E-state index contributed by atoms with van der Waals surface area (Å²) in [7, 11) is 0. The highest BCUT2D eigenvalue weighted by Crippen LogP contribution is 2.44. The zero-order chi connectivity index (χ0) is 26.3. The Hall–Kier alpha value is -2.90. The van der Waals surface area contributed by atoms with E-state index in [2.05, 4.69) is 31.9 Å². The number of imide groups is 1. The third-order valence-corrected chi connectivity index (χ3v) is 9.23. The Morgan fingerprint density at radius 2 is 1.53 bits per heavy atom. The Labute approximate surface area is 225 Å². The van der Waals surface area contributed by atoms with Crippen LogP contribution in [0.4, 0.5) is 11.4 Å². The number of hydrogen-bond acceptors (Lipinski definition) is 7. The fraction of sp³-hybridized carbons (Fsp3) is 0.318. The molecule has 0 aromatic heterocycles. The molecule has 0 spiro atoms. The lowest BCUT2D eigenvalue weighted by molar-refractivity contribution is -0.385. The summed E-state index contributed by atoms with van der Waals surface area (Å²) in [6.07, 6.45) is 0.659. The second kappa shape index (κ2) is 10.2. The number of rotatable bonds is 6. The predicted molar refractivity (Wildman–Crippen MR) is 135 cm³/mol. The van der Waals surface area contributed by atoms with Crippen molar-refractivity contribution in [1.29, 1.82) is 0 Å². The van der Waals surface area contributed by atoms with E-state index >= 15 is 0 Å². The minimum absolute atomic E-state index is 0.0106. The first kappa shape index (κ1) is 26.2. The fourth-order valence-corrected chi connectivity index (χ4v) is 5.91. The van der Waals surface area contributed by atoms with Crippen molar-refractivity contribution in [2.45, 2.75) is 29.0 Å². The number of nitro benzene ring substituents is 2. The molecule has 1 saturated heterocycles. The van der Waals surface area contributed by atoms with Gasteiger partial charge in [-0.25, -0.2) is 5.01 Å². The molecule has 188 valence electrons. The highest BCUT2D eigenvalue weighted by molar-refractivity contribution is 9.12. The Bertz CT molecular complexity index is 1260. The van der Waals surface area contributed by atoms with E-state index < -0.39 is 57.3 Å². The fourth-order valence-electron chi connectivity index (χ4n) is 4.50. The molecule has 4 rings (SSSR count). The van der Waals surface area contributed by atoms with Crippen LogP contribution in [-0.4, -0.2) is 47.2 Å². The number of fused-ring (bicyclic) bond motifs is 1. The van der Waals surface area contributed by atoms with Crippen molar-refractivity contribution in [1.82, 2.24) is 10.0 Å². The topological polar surface area (TPSA) is 144 Å². The summed E-state index contributed by atoms with van der Waals surface area (Å²) in [6, 6.07) is 8.86. The molecule has 11 nitrogen and oxygen atoms in total. The van der Waals surface area contributed by atoms with Crippen LogP contribution in [0.1, 0.15) is 28.8 Å². The summed E-state index contributed by atoms with van der Waals surface area (Å²) in [5, 5.41) is 24.8. The van der Waals surface area contributed by atoms with Crippen molar-refractivity contribution >= 4 is 72.6 Å². The molecular weight excluding hydrogens is 628 g/mol. The number of nitro groups is 2. The van der Waals surface area contributed by atoms with Crippen LogP contribution in [-0.2, 0) is 16.1 Å². The van der Waals surface area contributed by atoms with Gasteiger partial charge < -0.3 is 0 Å². The third-order valence-electron chi connectivity index (χ3n) is 6.26. The second-order valence-electron chi connectivity index (χ2n) is 8.37. The maximum absolute atomic E-state index is 13.7. The van der Waals surface area contributed by atoms with Gasteiger partial charge in [-0.1, -0.05) is 55.6 Å². The van der Waals surface area contributed by atoms with Crippen LogP contribution < -0.4 is 0 Å². The van der Waals surface area contributed by atoms with Crippen LogP contribution in [0.2, 0.25) is 5.02 Å². The average Bonchev–Trinajstić information content (AvgIpc) is 3.07. The van der Waals surface area contributed by atoms with Crippen molar-refractivity contribution < 1.29 is 24.2 Å². The molecule has 0 bridgehead atoms. The molecule has 0 radical (unpaired) electrons. The largest absolute Gasteiger partial charge is 0.282 e. The number of nitrogens with zero attached hydrogens (tertiary/aromatic N) is 4. The number of benzene rings is 2. The molecule has 2 aromatic rings. The van der Waals surface area contributed by atoms with Crippen LogP contribution in [0.25, 0.3) is 0 Å². The van der Waals surface area contributed by atoms with Gasteiger partial charge >= 0.3 is 0 Å². The lowest BCUT2D eigenvalue weighted by atomic mass is 9.81. The first-order chi connectivity index (χ1) is 17.0. The smallest absolute Gasteiger partial charge is 0.272 e. The zero-order valence-corrected chi connectivity index (χ0v) is 22.2. The quantitative estimate of drug-likeness (QED) is 0.193. The number of halogens is 3. The summed E-state index contributed by atoms with van der Waals surface area (Å²) in [5.74, 6) is -3.72. The standard InChI is InChI=1S/C22H17Br2ClN4O7/c23-16-8-14-15(9-17(16)24)22(32)27(21(14)31)26(10-11-5-6-12(25)7-19(11)29(35)36)20(30)13-3-1-2-4-18(13)28(33)34/h1-7,14-17H,8-10H2/t14-,15-,16+,17+/m1/s1. The second-order valence-corrected chi connectivity index (χ2v) is 11.2. The molecule has 2 aliphatic rings. The maximum Gasteiger partial charge on any atom is 0.282 e. The van der Waals surface area contributed by atoms with E-state index in [1.165, 1.54) is 30.3 Å². The van der Waals surface area contributed by atoms with Crippen LogP contribution in [0.3, 0.4) is 0 Å². The molecule has 2 fully saturated rings. The summed E-state index contributed by atoms with van der Waals surface area (Å²) in [6.45, 7) is -0.565. The van der Waals surface area contributed by atoms with Crippen molar-refractivity contribution in [2.24, 2.45) is 11.8 Å². The van der Waals surface area contributed by atoms with Gasteiger partial charge in [-0.3, -0.25) is 34.6 Å². The monoisotopic (exact) mass is 642 g/mol. The summed E-state index contributed by atoms with van der Waals surface area (Å²) in [5.41, 5.74) is -1.34. The molecule has 1 aliphatic carbocycles. The normalized spacial score (nSPS) is 23.4. The lowest BCUT2D eigenvalue weighted by Crippen LogP contribution is -2.50. The Balaban J connectivity index is 1.82.